The van der Waals surface area contributed by atoms with Crippen LogP contribution in [0, 0.1) is 24.5 Å². The first kappa shape index (κ1) is 16.8. The third kappa shape index (κ3) is 3.61. The molecule has 1 aromatic carbocycles. The molecular formula is C14H17F2NO4S. The molecule has 0 bridgehead atoms. The van der Waals surface area contributed by atoms with Gasteiger partial charge in [0.1, 0.15) is 16.5 Å². The minimum atomic E-state index is -4.18. The van der Waals surface area contributed by atoms with Crippen LogP contribution < -0.4 is 4.72 Å². The van der Waals surface area contributed by atoms with E-state index >= 15 is 0 Å². The summed E-state index contributed by atoms with van der Waals surface area (Å²) < 4.78 is 53.9. The third-order valence-electron chi connectivity index (χ3n) is 3.90. The van der Waals surface area contributed by atoms with Crippen molar-refractivity contribution in [3.8, 4) is 0 Å². The predicted molar refractivity (Wildman–Crippen MR) is 74.8 cm³/mol. The second-order valence-electron chi connectivity index (χ2n) is 5.54. The number of sulfonamides is 1. The second-order valence-corrected chi connectivity index (χ2v) is 7.22. The molecule has 122 valence electrons. The van der Waals surface area contributed by atoms with Crippen LogP contribution in [0.15, 0.2) is 17.0 Å². The Morgan fingerprint density at radius 1 is 1.18 bits per heavy atom. The van der Waals surface area contributed by atoms with Crippen LogP contribution in [0.3, 0.4) is 0 Å². The zero-order valence-electron chi connectivity index (χ0n) is 12.0. The van der Waals surface area contributed by atoms with Gasteiger partial charge in [0, 0.05) is 6.04 Å². The fraction of sp³-hybridized carbons (Fsp3) is 0.500. The van der Waals surface area contributed by atoms with E-state index in [1.165, 1.54) is 6.92 Å². The molecule has 1 aromatic rings. The van der Waals surface area contributed by atoms with Gasteiger partial charge in [-0.15, -0.1) is 0 Å². The molecule has 1 aliphatic rings. The maximum atomic E-state index is 13.8. The summed E-state index contributed by atoms with van der Waals surface area (Å²) in [7, 11) is -4.18. The molecular weight excluding hydrogens is 316 g/mol. The highest BCUT2D eigenvalue weighted by Crippen LogP contribution is 2.26. The number of benzene rings is 1. The maximum absolute atomic E-state index is 13.8. The molecule has 0 atom stereocenters. The van der Waals surface area contributed by atoms with Gasteiger partial charge >= 0.3 is 5.97 Å². The minimum Gasteiger partial charge on any atom is -0.481 e. The van der Waals surface area contributed by atoms with E-state index in [1.807, 2.05) is 0 Å². The molecule has 0 radical (unpaired) electrons. The van der Waals surface area contributed by atoms with E-state index in [-0.39, 0.29) is 5.56 Å². The molecule has 0 saturated heterocycles. The molecule has 2 rings (SSSR count). The fourth-order valence-corrected chi connectivity index (χ4v) is 3.95. The summed E-state index contributed by atoms with van der Waals surface area (Å²) in [5.74, 6) is -3.18. The van der Waals surface area contributed by atoms with Crippen molar-refractivity contribution in [3.05, 3.63) is 29.3 Å². The molecule has 0 unspecified atom stereocenters. The highest BCUT2D eigenvalue weighted by molar-refractivity contribution is 7.89. The van der Waals surface area contributed by atoms with Crippen LogP contribution >= 0.6 is 0 Å². The van der Waals surface area contributed by atoms with Gasteiger partial charge in [-0.1, -0.05) is 0 Å². The Hall–Kier alpha value is -1.54. The van der Waals surface area contributed by atoms with E-state index in [9.17, 15) is 22.0 Å². The number of aliphatic carboxylic acids is 1. The average molecular weight is 333 g/mol. The lowest BCUT2D eigenvalue weighted by molar-refractivity contribution is -0.142. The largest absolute Gasteiger partial charge is 0.481 e. The smallest absolute Gasteiger partial charge is 0.306 e. The van der Waals surface area contributed by atoms with Crippen LogP contribution in [0.25, 0.3) is 0 Å². The summed E-state index contributed by atoms with van der Waals surface area (Å²) in [6.45, 7) is 1.34. The van der Waals surface area contributed by atoms with Crippen molar-refractivity contribution in [2.75, 3.05) is 0 Å². The van der Waals surface area contributed by atoms with E-state index < -0.39 is 44.5 Å². The Morgan fingerprint density at radius 3 is 2.32 bits per heavy atom. The Kier molecular flexibility index (Phi) is 4.81. The Bertz CT molecular complexity index is 682. The van der Waals surface area contributed by atoms with Gasteiger partial charge in [0.05, 0.1) is 5.92 Å². The normalized spacial score (nSPS) is 22.5. The lowest BCUT2D eigenvalue weighted by atomic mass is 9.87. The molecule has 0 aliphatic heterocycles. The fourth-order valence-electron chi connectivity index (χ4n) is 2.58. The summed E-state index contributed by atoms with van der Waals surface area (Å²) in [6, 6.07) is 1.03. The molecule has 0 heterocycles. The molecule has 1 fully saturated rings. The summed E-state index contributed by atoms with van der Waals surface area (Å²) >= 11 is 0. The first-order chi connectivity index (χ1) is 10.2. The standard InChI is InChI=1S/C14H17F2NO4S/c1-8-6-12(16)13(7-11(8)15)22(20,21)17-10-4-2-9(3-5-10)14(18)19/h6-7,9-10,17H,2-5H2,1H3,(H,18,19). The quantitative estimate of drug-likeness (QED) is 0.885. The number of aryl methyl sites for hydroxylation is 1. The lowest BCUT2D eigenvalue weighted by Gasteiger charge is -2.26. The molecule has 1 aliphatic carbocycles. The van der Waals surface area contributed by atoms with Gasteiger partial charge in [0.25, 0.3) is 0 Å². The summed E-state index contributed by atoms with van der Waals surface area (Å²) in [4.78, 5) is 10.1. The average Bonchev–Trinajstić information content (AvgIpc) is 2.42. The number of carboxylic acid groups (broad SMARTS) is 1. The van der Waals surface area contributed by atoms with Crippen molar-refractivity contribution < 1.29 is 27.1 Å². The lowest BCUT2D eigenvalue weighted by Crippen LogP contribution is -2.39. The Labute approximate surface area is 127 Å². The zero-order chi connectivity index (χ0) is 16.5. The Balaban J connectivity index is 2.13. The van der Waals surface area contributed by atoms with Crippen LogP contribution in [0.2, 0.25) is 0 Å². The Morgan fingerprint density at radius 2 is 1.77 bits per heavy atom. The number of carboxylic acids is 1. The summed E-state index contributed by atoms with van der Waals surface area (Å²) in [6.07, 6.45) is 1.42. The zero-order valence-corrected chi connectivity index (χ0v) is 12.8. The third-order valence-corrected chi connectivity index (χ3v) is 5.44. The monoisotopic (exact) mass is 333 g/mol. The number of halogens is 2. The highest BCUT2D eigenvalue weighted by atomic mass is 32.2. The summed E-state index contributed by atoms with van der Waals surface area (Å²) in [5, 5.41) is 8.90. The number of nitrogens with one attached hydrogen (secondary N) is 1. The van der Waals surface area contributed by atoms with Gasteiger partial charge in [-0.25, -0.2) is 21.9 Å². The number of hydrogen-bond donors (Lipinski definition) is 2. The predicted octanol–water partition coefficient (Wildman–Crippen LogP) is 2.19. The van der Waals surface area contributed by atoms with E-state index in [2.05, 4.69) is 4.72 Å². The van der Waals surface area contributed by atoms with Gasteiger partial charge < -0.3 is 5.11 Å². The molecule has 0 amide bonds. The first-order valence-corrected chi connectivity index (χ1v) is 8.40. The van der Waals surface area contributed by atoms with Crippen LogP contribution in [0.5, 0.6) is 0 Å². The van der Waals surface area contributed by atoms with Gasteiger partial charge in [-0.3, -0.25) is 4.79 Å². The van der Waals surface area contributed by atoms with Gasteiger partial charge in [-0.2, -0.15) is 0 Å². The van der Waals surface area contributed by atoms with Gasteiger partial charge in [0.15, 0.2) is 0 Å². The van der Waals surface area contributed by atoms with E-state index in [0.717, 1.165) is 6.07 Å². The van der Waals surface area contributed by atoms with E-state index in [1.54, 1.807) is 0 Å². The van der Waals surface area contributed by atoms with Crippen molar-refractivity contribution >= 4 is 16.0 Å². The van der Waals surface area contributed by atoms with Gasteiger partial charge in [0.2, 0.25) is 10.0 Å². The van der Waals surface area contributed by atoms with Crippen LogP contribution in [-0.4, -0.2) is 25.5 Å². The van der Waals surface area contributed by atoms with E-state index in [0.29, 0.717) is 31.7 Å². The molecule has 8 heteroatoms. The molecule has 1 saturated carbocycles. The first-order valence-electron chi connectivity index (χ1n) is 6.91. The minimum absolute atomic E-state index is 0.0263. The van der Waals surface area contributed by atoms with Crippen LogP contribution in [0.1, 0.15) is 31.2 Å². The van der Waals surface area contributed by atoms with Crippen molar-refractivity contribution in [1.82, 2.24) is 4.72 Å². The van der Waals surface area contributed by atoms with Crippen LogP contribution in [0.4, 0.5) is 8.78 Å². The SMILES string of the molecule is Cc1cc(F)c(S(=O)(=O)NC2CCC(C(=O)O)CC2)cc1F. The number of carbonyl (C=O) groups is 1. The topological polar surface area (TPSA) is 83.5 Å². The molecule has 22 heavy (non-hydrogen) atoms. The van der Waals surface area contributed by atoms with Crippen molar-refractivity contribution in [2.24, 2.45) is 5.92 Å². The summed E-state index contributed by atoms with van der Waals surface area (Å²) in [5.41, 5.74) is 0.0263. The van der Waals surface area contributed by atoms with Crippen molar-refractivity contribution in [1.29, 1.82) is 0 Å². The highest BCUT2D eigenvalue weighted by Gasteiger charge is 2.30. The van der Waals surface area contributed by atoms with Gasteiger partial charge in [-0.05, 0) is 50.3 Å². The number of rotatable bonds is 4. The molecule has 0 aromatic heterocycles. The molecule has 5 nitrogen and oxygen atoms in total. The molecule has 2 N–H and O–H groups in total. The van der Waals surface area contributed by atoms with Crippen LogP contribution in [-0.2, 0) is 14.8 Å². The maximum Gasteiger partial charge on any atom is 0.306 e. The second kappa shape index (κ2) is 6.29. The van der Waals surface area contributed by atoms with Crippen molar-refractivity contribution in [3.63, 3.8) is 0 Å². The van der Waals surface area contributed by atoms with Crippen molar-refractivity contribution in [2.45, 2.75) is 43.5 Å². The molecule has 0 spiro atoms. The number of hydrogen-bond acceptors (Lipinski definition) is 3. The van der Waals surface area contributed by atoms with E-state index in [4.69, 9.17) is 5.11 Å².